The van der Waals surface area contributed by atoms with Crippen LogP contribution in [0, 0.1) is 6.92 Å². The van der Waals surface area contributed by atoms with E-state index in [-0.39, 0.29) is 17.1 Å². The Balaban J connectivity index is 1.87. The lowest BCUT2D eigenvalue weighted by molar-refractivity contribution is -0.137. The summed E-state index contributed by atoms with van der Waals surface area (Å²) in [6, 6.07) is 4.82. The monoisotopic (exact) mass is 406 g/mol. The second-order valence-electron chi connectivity index (χ2n) is 8.02. The fourth-order valence-electron chi connectivity index (χ4n) is 4.65. The molecule has 0 aliphatic carbocycles. The Bertz CT molecular complexity index is 946. The minimum Gasteiger partial charge on any atom is -0.480 e. The lowest BCUT2D eigenvalue weighted by Gasteiger charge is -2.42. The molecule has 4 rings (SSSR count). The highest BCUT2D eigenvalue weighted by atomic mass is 19.4. The van der Waals surface area contributed by atoms with Crippen LogP contribution >= 0.6 is 0 Å². The maximum atomic E-state index is 14.1. The molecule has 2 atom stereocenters. The van der Waals surface area contributed by atoms with Crippen molar-refractivity contribution in [1.29, 1.82) is 0 Å². The van der Waals surface area contributed by atoms with Crippen molar-refractivity contribution in [3.8, 4) is 5.88 Å². The number of rotatable bonds is 3. The number of benzene rings is 1. The van der Waals surface area contributed by atoms with Crippen LogP contribution in [0.5, 0.6) is 5.88 Å². The zero-order valence-corrected chi connectivity index (χ0v) is 16.9. The number of nitrogens with one attached hydrogen (secondary N) is 2. The first-order valence-electron chi connectivity index (χ1n) is 9.63. The predicted molar refractivity (Wildman–Crippen MR) is 107 cm³/mol. The van der Waals surface area contributed by atoms with Gasteiger partial charge in [-0.2, -0.15) is 13.2 Å². The minimum atomic E-state index is -4.46. The first kappa shape index (κ1) is 19.8. The van der Waals surface area contributed by atoms with Gasteiger partial charge >= 0.3 is 6.18 Å². The van der Waals surface area contributed by atoms with Crippen LogP contribution < -0.4 is 20.3 Å². The summed E-state index contributed by atoms with van der Waals surface area (Å²) in [7, 11) is 3.27. The Morgan fingerprint density at radius 1 is 1.34 bits per heavy atom. The maximum Gasteiger partial charge on any atom is 0.418 e. The number of ether oxygens (including phenoxy) is 1. The van der Waals surface area contributed by atoms with Crippen molar-refractivity contribution in [2.24, 2.45) is 0 Å². The van der Waals surface area contributed by atoms with Gasteiger partial charge in [0.05, 0.1) is 18.4 Å². The van der Waals surface area contributed by atoms with Crippen molar-refractivity contribution >= 4 is 17.1 Å². The molecule has 0 radical (unpaired) electrons. The summed E-state index contributed by atoms with van der Waals surface area (Å²) in [5.74, 6) is 0.330. The maximum absolute atomic E-state index is 14.1. The number of anilines is 3. The van der Waals surface area contributed by atoms with Gasteiger partial charge in [-0.15, -0.1) is 0 Å². The van der Waals surface area contributed by atoms with Gasteiger partial charge < -0.3 is 20.3 Å². The van der Waals surface area contributed by atoms with Gasteiger partial charge in [-0.1, -0.05) is 0 Å². The van der Waals surface area contributed by atoms with E-state index in [1.807, 2.05) is 17.9 Å². The van der Waals surface area contributed by atoms with Crippen LogP contribution in [0.2, 0.25) is 0 Å². The first-order valence-corrected chi connectivity index (χ1v) is 9.63. The molecule has 0 amide bonds. The molecule has 1 fully saturated rings. The minimum absolute atomic E-state index is 0.0176. The molecule has 0 spiro atoms. The van der Waals surface area contributed by atoms with Crippen molar-refractivity contribution in [2.75, 3.05) is 37.5 Å². The number of halogens is 3. The third-order valence-corrected chi connectivity index (χ3v) is 6.42. The van der Waals surface area contributed by atoms with E-state index in [4.69, 9.17) is 4.74 Å². The van der Waals surface area contributed by atoms with E-state index in [9.17, 15) is 13.2 Å². The molecular formula is C21H25F3N4O. The Labute approximate surface area is 168 Å². The molecular weight excluding hydrogens is 381 g/mol. The highest BCUT2D eigenvalue weighted by molar-refractivity contribution is 5.77. The van der Waals surface area contributed by atoms with Gasteiger partial charge in [-0.3, -0.25) is 0 Å². The number of pyridine rings is 1. The Hall–Kier alpha value is -2.48. The molecule has 2 N–H and O–H groups in total. The summed E-state index contributed by atoms with van der Waals surface area (Å²) in [6.45, 7) is 5.37. The molecule has 29 heavy (non-hydrogen) atoms. The van der Waals surface area contributed by atoms with Crippen molar-refractivity contribution in [3.05, 3.63) is 41.1 Å². The number of likely N-dealkylation sites (N-methyl/N-ethyl adjacent to an activating group) is 1. The first-order chi connectivity index (χ1) is 13.7. The quantitative estimate of drug-likeness (QED) is 0.789. The number of hydrogen-bond donors (Lipinski definition) is 2. The predicted octanol–water partition coefficient (Wildman–Crippen LogP) is 4.45. The van der Waals surface area contributed by atoms with E-state index < -0.39 is 11.7 Å². The van der Waals surface area contributed by atoms with Gasteiger partial charge in [0.2, 0.25) is 5.88 Å². The van der Waals surface area contributed by atoms with Gasteiger partial charge in [0.15, 0.2) is 0 Å². The average molecular weight is 406 g/mol. The molecule has 2 aliphatic heterocycles. The molecule has 0 unspecified atom stereocenters. The smallest absolute Gasteiger partial charge is 0.418 e. The number of piperidine rings is 1. The Morgan fingerprint density at radius 2 is 2.10 bits per heavy atom. The third kappa shape index (κ3) is 3.10. The highest BCUT2D eigenvalue weighted by Crippen LogP contribution is 2.54. The second-order valence-corrected chi connectivity index (χ2v) is 8.02. The van der Waals surface area contributed by atoms with Crippen LogP contribution in [0.25, 0.3) is 0 Å². The van der Waals surface area contributed by atoms with Crippen molar-refractivity contribution in [3.63, 3.8) is 0 Å². The van der Waals surface area contributed by atoms with E-state index in [0.29, 0.717) is 23.8 Å². The van der Waals surface area contributed by atoms with E-state index in [1.165, 1.54) is 13.2 Å². The molecule has 5 nitrogen and oxygen atoms in total. The lowest BCUT2D eigenvalue weighted by atomic mass is 9.78. The molecule has 1 saturated heterocycles. The van der Waals surface area contributed by atoms with Gasteiger partial charge in [0.25, 0.3) is 0 Å². The number of fused-ring (bicyclic) bond motifs is 3. The van der Waals surface area contributed by atoms with Crippen LogP contribution in [-0.4, -0.2) is 37.8 Å². The van der Waals surface area contributed by atoms with Crippen LogP contribution in [-0.2, 0) is 6.18 Å². The molecule has 1 aromatic heterocycles. The topological polar surface area (TPSA) is 49.4 Å². The molecule has 8 heteroatoms. The van der Waals surface area contributed by atoms with Gasteiger partial charge in [-0.05, 0) is 56.1 Å². The van der Waals surface area contributed by atoms with Crippen LogP contribution in [0.3, 0.4) is 0 Å². The van der Waals surface area contributed by atoms with Crippen LogP contribution in [0.15, 0.2) is 24.4 Å². The molecule has 0 saturated carbocycles. The standard InChI is InChI=1S/C21H25F3N4O/c1-12-5-7-26-19(29-4)17(12)27-13-9-14-16-11-25-8-6-20(16,2)28(3)18(14)15(10-13)21(22,23)24/h5,7,9-10,16,25,27H,6,8,11H2,1-4H3/t16-,20-/m0/s1. The molecule has 2 aliphatic rings. The summed E-state index contributed by atoms with van der Waals surface area (Å²) in [4.78, 5) is 5.99. The SMILES string of the molecule is COc1nccc(C)c1Nc1cc2c(c(C(F)(F)F)c1)N(C)[C@@]1(C)CCNC[C@@H]21. The zero-order valence-electron chi connectivity index (χ0n) is 16.9. The Kier molecular flexibility index (Phi) is 4.64. The zero-order chi connectivity index (χ0) is 21.0. The summed E-state index contributed by atoms with van der Waals surface area (Å²) in [5.41, 5.74) is 1.85. The number of aryl methyl sites for hydroxylation is 1. The van der Waals surface area contributed by atoms with E-state index in [2.05, 4.69) is 22.5 Å². The largest absolute Gasteiger partial charge is 0.480 e. The number of hydrogen-bond acceptors (Lipinski definition) is 5. The average Bonchev–Trinajstić information content (AvgIpc) is 2.89. The molecule has 156 valence electrons. The molecule has 1 aromatic carbocycles. The number of methoxy groups -OCH3 is 1. The van der Waals surface area contributed by atoms with Crippen molar-refractivity contribution in [2.45, 2.75) is 37.9 Å². The second kappa shape index (κ2) is 6.79. The van der Waals surface area contributed by atoms with Crippen LogP contribution in [0.4, 0.5) is 30.2 Å². The van der Waals surface area contributed by atoms with E-state index in [0.717, 1.165) is 24.1 Å². The highest BCUT2D eigenvalue weighted by Gasteiger charge is 2.51. The lowest BCUT2D eigenvalue weighted by Crippen LogP contribution is -2.52. The summed E-state index contributed by atoms with van der Waals surface area (Å²) >= 11 is 0. The van der Waals surface area contributed by atoms with E-state index >= 15 is 0 Å². The molecule has 3 heterocycles. The Morgan fingerprint density at radius 3 is 2.79 bits per heavy atom. The summed E-state index contributed by atoms with van der Waals surface area (Å²) in [5, 5.41) is 6.47. The summed E-state index contributed by atoms with van der Waals surface area (Å²) in [6.07, 6.45) is -2.06. The number of aromatic nitrogens is 1. The molecule has 0 bridgehead atoms. The van der Waals surface area contributed by atoms with Crippen molar-refractivity contribution in [1.82, 2.24) is 10.3 Å². The van der Waals surface area contributed by atoms with Gasteiger partial charge in [0, 0.05) is 36.9 Å². The van der Waals surface area contributed by atoms with E-state index in [1.54, 1.807) is 19.3 Å². The van der Waals surface area contributed by atoms with Crippen LogP contribution in [0.1, 0.15) is 36.0 Å². The number of alkyl halides is 3. The van der Waals surface area contributed by atoms with Crippen molar-refractivity contribution < 1.29 is 17.9 Å². The fraction of sp³-hybridized carbons (Fsp3) is 0.476. The van der Waals surface area contributed by atoms with Gasteiger partial charge in [-0.25, -0.2) is 4.98 Å². The number of nitrogens with zero attached hydrogens (tertiary/aromatic N) is 2. The normalized spacial score (nSPS) is 23.6. The fourth-order valence-corrected chi connectivity index (χ4v) is 4.65. The molecule has 2 aromatic rings. The summed E-state index contributed by atoms with van der Waals surface area (Å²) < 4.78 is 47.5. The van der Waals surface area contributed by atoms with Gasteiger partial charge in [0.1, 0.15) is 5.69 Å². The third-order valence-electron chi connectivity index (χ3n) is 6.42.